The van der Waals surface area contributed by atoms with Crippen molar-refractivity contribution in [2.75, 3.05) is 19.0 Å². The van der Waals surface area contributed by atoms with Crippen LogP contribution < -0.4 is 15.6 Å². The minimum Gasteiger partial charge on any atom is -0.378 e. The first kappa shape index (κ1) is 24.0. The number of hydrogen-bond acceptors (Lipinski definition) is 4. The van der Waals surface area contributed by atoms with Gasteiger partial charge in [0.25, 0.3) is 11.8 Å². The summed E-state index contributed by atoms with van der Waals surface area (Å²) in [6.45, 7) is 0. The molecule has 6 nitrogen and oxygen atoms in total. The summed E-state index contributed by atoms with van der Waals surface area (Å²) >= 11 is 11.9. The first-order chi connectivity index (χ1) is 15.8. The molecule has 0 bridgehead atoms. The quantitative estimate of drug-likeness (QED) is 0.284. The van der Waals surface area contributed by atoms with Gasteiger partial charge in [-0.05, 0) is 53.6 Å². The second-order valence-corrected chi connectivity index (χ2v) is 8.05. The summed E-state index contributed by atoms with van der Waals surface area (Å²) < 4.78 is 0. The van der Waals surface area contributed by atoms with Crippen LogP contribution in [0.25, 0.3) is 6.08 Å². The Morgan fingerprint density at radius 1 is 0.879 bits per heavy atom. The van der Waals surface area contributed by atoms with Crippen LogP contribution in [0, 0.1) is 0 Å². The molecule has 0 fully saturated rings. The van der Waals surface area contributed by atoms with E-state index in [1.165, 1.54) is 6.21 Å². The molecule has 3 rings (SSSR count). The van der Waals surface area contributed by atoms with E-state index in [4.69, 9.17) is 23.2 Å². The third-order valence-electron chi connectivity index (χ3n) is 4.57. The molecule has 0 atom stereocenters. The minimum absolute atomic E-state index is 0.0488. The van der Waals surface area contributed by atoms with Crippen molar-refractivity contribution in [3.63, 3.8) is 0 Å². The number of carbonyl (C=O) groups is 2. The zero-order chi connectivity index (χ0) is 23.8. The van der Waals surface area contributed by atoms with Gasteiger partial charge in [-0.1, -0.05) is 59.6 Å². The molecule has 0 aliphatic carbocycles. The lowest BCUT2D eigenvalue weighted by Crippen LogP contribution is -2.32. The van der Waals surface area contributed by atoms with Crippen LogP contribution in [-0.2, 0) is 4.79 Å². The Morgan fingerprint density at radius 2 is 1.55 bits per heavy atom. The molecule has 8 heteroatoms. The van der Waals surface area contributed by atoms with E-state index in [9.17, 15) is 9.59 Å². The monoisotopic (exact) mass is 480 g/mol. The number of carbonyl (C=O) groups excluding carboxylic acids is 2. The van der Waals surface area contributed by atoms with Crippen molar-refractivity contribution >= 4 is 53.0 Å². The number of benzene rings is 3. The maximum atomic E-state index is 12.8. The highest BCUT2D eigenvalue weighted by Gasteiger charge is 2.14. The van der Waals surface area contributed by atoms with Crippen LogP contribution in [-0.4, -0.2) is 32.1 Å². The zero-order valence-electron chi connectivity index (χ0n) is 18.0. The van der Waals surface area contributed by atoms with Gasteiger partial charge in [0.15, 0.2) is 0 Å². The normalized spacial score (nSPS) is 11.3. The van der Waals surface area contributed by atoms with Gasteiger partial charge >= 0.3 is 0 Å². The molecule has 0 radical (unpaired) electrons. The summed E-state index contributed by atoms with van der Waals surface area (Å²) in [5.74, 6) is -0.984. The number of amides is 2. The predicted octanol–water partition coefficient (Wildman–Crippen LogP) is 4.98. The summed E-state index contributed by atoms with van der Waals surface area (Å²) in [4.78, 5) is 27.5. The molecule has 0 aliphatic heterocycles. The van der Waals surface area contributed by atoms with Crippen molar-refractivity contribution in [2.24, 2.45) is 5.10 Å². The molecule has 0 saturated heterocycles. The SMILES string of the molecule is CN(C)c1ccc(C=C(NC(=O)c2ccccc2)C(=O)NN=Cc2ccc(Cl)c(Cl)c2)cc1. The fourth-order valence-corrected chi connectivity index (χ4v) is 3.10. The van der Waals surface area contributed by atoms with Gasteiger partial charge in [-0.15, -0.1) is 0 Å². The number of nitrogens with one attached hydrogen (secondary N) is 2. The Morgan fingerprint density at radius 3 is 2.18 bits per heavy atom. The molecule has 2 amide bonds. The Bertz CT molecular complexity index is 1190. The van der Waals surface area contributed by atoms with E-state index in [1.807, 2.05) is 49.3 Å². The standard InChI is InChI=1S/C25H22Cl2N4O2/c1-31(2)20-11-8-17(9-12-20)15-23(29-24(32)19-6-4-3-5-7-19)25(33)30-28-16-18-10-13-21(26)22(27)14-18/h3-16H,1-2H3,(H,29,32)(H,30,33). The second kappa shape index (κ2) is 11.3. The van der Waals surface area contributed by atoms with Crippen LogP contribution in [0.15, 0.2) is 83.6 Å². The second-order valence-electron chi connectivity index (χ2n) is 7.24. The van der Waals surface area contributed by atoms with E-state index in [2.05, 4.69) is 15.8 Å². The van der Waals surface area contributed by atoms with Crippen LogP contribution in [0.3, 0.4) is 0 Å². The molecule has 0 saturated carbocycles. The van der Waals surface area contributed by atoms with Gasteiger partial charge in [0.2, 0.25) is 0 Å². The van der Waals surface area contributed by atoms with Gasteiger partial charge in [-0.2, -0.15) is 5.10 Å². The lowest BCUT2D eigenvalue weighted by atomic mass is 10.1. The van der Waals surface area contributed by atoms with E-state index in [0.29, 0.717) is 21.2 Å². The zero-order valence-corrected chi connectivity index (χ0v) is 19.6. The fourth-order valence-electron chi connectivity index (χ4n) is 2.80. The number of halogens is 2. The summed E-state index contributed by atoms with van der Waals surface area (Å²) in [6.07, 6.45) is 3.02. The predicted molar refractivity (Wildman–Crippen MR) is 135 cm³/mol. The van der Waals surface area contributed by atoms with Crippen molar-refractivity contribution in [1.29, 1.82) is 0 Å². The first-order valence-electron chi connectivity index (χ1n) is 9.97. The Hall–Kier alpha value is -3.61. The molecule has 0 unspecified atom stereocenters. The number of hydrogen-bond donors (Lipinski definition) is 2. The van der Waals surface area contributed by atoms with Crippen LogP contribution >= 0.6 is 23.2 Å². The Labute approximate surface area is 202 Å². The molecular formula is C25H22Cl2N4O2. The molecule has 0 aliphatic rings. The molecule has 0 aromatic heterocycles. The van der Waals surface area contributed by atoms with Gasteiger partial charge in [-0.3, -0.25) is 9.59 Å². The summed E-state index contributed by atoms with van der Waals surface area (Å²) in [5, 5.41) is 7.44. The van der Waals surface area contributed by atoms with E-state index < -0.39 is 11.8 Å². The number of rotatable bonds is 7. The van der Waals surface area contributed by atoms with Crippen LogP contribution in [0.2, 0.25) is 10.0 Å². The van der Waals surface area contributed by atoms with Gasteiger partial charge in [0, 0.05) is 25.3 Å². The summed E-state index contributed by atoms with van der Waals surface area (Å²) in [5.41, 5.74) is 5.32. The fraction of sp³-hybridized carbons (Fsp3) is 0.0800. The van der Waals surface area contributed by atoms with E-state index in [1.54, 1.807) is 48.5 Å². The van der Waals surface area contributed by atoms with E-state index in [0.717, 1.165) is 11.3 Å². The topological polar surface area (TPSA) is 73.8 Å². The minimum atomic E-state index is -0.577. The van der Waals surface area contributed by atoms with Gasteiger partial charge in [-0.25, -0.2) is 5.43 Å². The van der Waals surface area contributed by atoms with Crippen molar-refractivity contribution in [2.45, 2.75) is 0 Å². The third-order valence-corrected chi connectivity index (χ3v) is 5.31. The Kier molecular flexibility index (Phi) is 8.24. The van der Waals surface area contributed by atoms with Crippen LogP contribution in [0.5, 0.6) is 0 Å². The highest BCUT2D eigenvalue weighted by molar-refractivity contribution is 6.42. The average molecular weight is 481 g/mol. The van der Waals surface area contributed by atoms with Crippen LogP contribution in [0.4, 0.5) is 5.69 Å². The number of hydrazone groups is 1. The van der Waals surface area contributed by atoms with Gasteiger partial charge in [0.1, 0.15) is 5.70 Å². The van der Waals surface area contributed by atoms with Crippen molar-refractivity contribution < 1.29 is 9.59 Å². The number of nitrogens with zero attached hydrogens (tertiary/aromatic N) is 2. The molecule has 2 N–H and O–H groups in total. The van der Waals surface area contributed by atoms with Crippen molar-refractivity contribution in [1.82, 2.24) is 10.7 Å². The lowest BCUT2D eigenvalue weighted by molar-refractivity contribution is -0.117. The van der Waals surface area contributed by atoms with Crippen molar-refractivity contribution in [3.8, 4) is 0 Å². The Balaban J connectivity index is 1.81. The molecular weight excluding hydrogens is 459 g/mol. The highest BCUT2D eigenvalue weighted by atomic mass is 35.5. The molecule has 3 aromatic rings. The summed E-state index contributed by atoms with van der Waals surface area (Å²) in [6, 6.07) is 21.2. The van der Waals surface area contributed by atoms with Gasteiger partial charge < -0.3 is 10.2 Å². The van der Waals surface area contributed by atoms with Crippen molar-refractivity contribution in [3.05, 3.63) is 105 Å². The first-order valence-corrected chi connectivity index (χ1v) is 10.7. The maximum absolute atomic E-state index is 12.8. The van der Waals surface area contributed by atoms with E-state index >= 15 is 0 Å². The number of anilines is 1. The van der Waals surface area contributed by atoms with Gasteiger partial charge in [0.05, 0.1) is 16.3 Å². The molecule has 0 spiro atoms. The maximum Gasteiger partial charge on any atom is 0.287 e. The molecule has 168 valence electrons. The summed E-state index contributed by atoms with van der Waals surface area (Å²) in [7, 11) is 3.88. The van der Waals surface area contributed by atoms with E-state index in [-0.39, 0.29) is 5.70 Å². The molecule has 3 aromatic carbocycles. The average Bonchev–Trinajstić information content (AvgIpc) is 2.81. The highest BCUT2D eigenvalue weighted by Crippen LogP contribution is 2.21. The largest absolute Gasteiger partial charge is 0.378 e. The molecule has 33 heavy (non-hydrogen) atoms. The molecule has 0 heterocycles. The lowest BCUT2D eigenvalue weighted by Gasteiger charge is -2.12. The third kappa shape index (κ3) is 6.94. The van der Waals surface area contributed by atoms with Crippen LogP contribution in [0.1, 0.15) is 21.5 Å². The smallest absolute Gasteiger partial charge is 0.287 e.